The monoisotopic (exact) mass is 423 g/mol. The van der Waals surface area contributed by atoms with Crippen molar-refractivity contribution in [2.75, 3.05) is 6.61 Å². The number of benzene rings is 2. The third-order valence-electron chi connectivity index (χ3n) is 4.98. The van der Waals surface area contributed by atoms with Gasteiger partial charge in [0.25, 0.3) is 0 Å². The topological polar surface area (TPSA) is 29.5 Å². The highest BCUT2D eigenvalue weighted by Crippen LogP contribution is 2.43. The lowest BCUT2D eigenvalue weighted by Crippen LogP contribution is -2.53. The Morgan fingerprint density at radius 3 is 2.44 bits per heavy atom. The molecule has 1 fully saturated rings. The normalized spacial score (nSPS) is 22.6. The van der Waals surface area contributed by atoms with Crippen molar-refractivity contribution in [3.8, 4) is 0 Å². The maximum atomic E-state index is 12.9. The number of hydrogen-bond donors (Lipinski definition) is 1. The minimum atomic E-state index is -0.316. The van der Waals surface area contributed by atoms with Crippen LogP contribution in [0.3, 0.4) is 0 Å². The molecule has 2 aromatic rings. The van der Waals surface area contributed by atoms with E-state index in [9.17, 15) is 4.79 Å². The third kappa shape index (κ3) is 4.45. The van der Waals surface area contributed by atoms with E-state index in [2.05, 4.69) is 19.6 Å². The van der Waals surface area contributed by atoms with Gasteiger partial charge >= 0.3 is 0 Å². The van der Waals surface area contributed by atoms with E-state index in [4.69, 9.17) is 27.9 Å². The SMILES string of the molecule is CC[C@@H]([C@@H](C)S)N1C(=O)CO[C@H](c2cccc(Cl)c2)[C@H]1c1ccc(Cl)cc1. The van der Waals surface area contributed by atoms with Crippen molar-refractivity contribution in [2.24, 2.45) is 0 Å². The summed E-state index contributed by atoms with van der Waals surface area (Å²) in [5.41, 5.74) is 1.92. The molecule has 6 heteroatoms. The Morgan fingerprint density at radius 1 is 1.15 bits per heavy atom. The highest BCUT2D eigenvalue weighted by Gasteiger charge is 2.42. The molecule has 0 radical (unpaired) electrons. The second-order valence-corrected chi connectivity index (χ2v) is 8.49. The molecule has 0 aromatic heterocycles. The van der Waals surface area contributed by atoms with Crippen LogP contribution in [0.15, 0.2) is 48.5 Å². The molecule has 0 unspecified atom stereocenters. The first-order valence-electron chi connectivity index (χ1n) is 9.04. The fourth-order valence-electron chi connectivity index (χ4n) is 3.75. The molecule has 0 aliphatic carbocycles. The van der Waals surface area contributed by atoms with Gasteiger partial charge in [-0.2, -0.15) is 12.6 Å². The van der Waals surface area contributed by atoms with Gasteiger partial charge in [-0.25, -0.2) is 0 Å². The van der Waals surface area contributed by atoms with Crippen molar-refractivity contribution < 1.29 is 9.53 Å². The zero-order chi connectivity index (χ0) is 19.6. The summed E-state index contributed by atoms with van der Waals surface area (Å²) >= 11 is 17.0. The molecule has 144 valence electrons. The molecule has 0 N–H and O–H groups in total. The average molecular weight is 424 g/mol. The lowest BCUT2D eigenvalue weighted by atomic mass is 9.90. The molecular weight excluding hydrogens is 401 g/mol. The number of carbonyl (C=O) groups is 1. The number of carbonyl (C=O) groups excluding carboxylic acids is 1. The highest BCUT2D eigenvalue weighted by atomic mass is 35.5. The Morgan fingerprint density at radius 2 is 1.85 bits per heavy atom. The molecule has 1 heterocycles. The lowest BCUT2D eigenvalue weighted by molar-refractivity contribution is -0.163. The molecule has 27 heavy (non-hydrogen) atoms. The van der Waals surface area contributed by atoms with Crippen molar-refractivity contribution in [1.82, 2.24) is 4.90 Å². The van der Waals surface area contributed by atoms with Gasteiger partial charge in [0.1, 0.15) is 12.7 Å². The van der Waals surface area contributed by atoms with Crippen molar-refractivity contribution in [3.63, 3.8) is 0 Å². The van der Waals surface area contributed by atoms with Crippen molar-refractivity contribution in [3.05, 3.63) is 69.7 Å². The first-order valence-corrected chi connectivity index (χ1v) is 10.3. The molecule has 1 amide bonds. The molecule has 1 aliphatic rings. The van der Waals surface area contributed by atoms with Gasteiger partial charge in [0.2, 0.25) is 5.91 Å². The number of halogens is 2. The van der Waals surface area contributed by atoms with Crippen LogP contribution in [0, 0.1) is 0 Å². The van der Waals surface area contributed by atoms with Crippen LogP contribution in [0.1, 0.15) is 43.5 Å². The second kappa shape index (κ2) is 8.87. The Labute approximate surface area is 176 Å². The third-order valence-corrected chi connectivity index (χ3v) is 5.81. The van der Waals surface area contributed by atoms with E-state index >= 15 is 0 Å². The summed E-state index contributed by atoms with van der Waals surface area (Å²) in [5, 5.41) is 1.33. The molecule has 0 bridgehead atoms. The number of morpholine rings is 1. The summed E-state index contributed by atoms with van der Waals surface area (Å²) in [6.07, 6.45) is 0.492. The summed E-state index contributed by atoms with van der Waals surface area (Å²) in [7, 11) is 0. The Hall–Kier alpha value is -1.20. The average Bonchev–Trinajstić information content (AvgIpc) is 2.64. The zero-order valence-electron chi connectivity index (χ0n) is 15.3. The van der Waals surface area contributed by atoms with Gasteiger partial charge in [0, 0.05) is 21.3 Å². The maximum absolute atomic E-state index is 12.9. The Kier molecular flexibility index (Phi) is 6.74. The van der Waals surface area contributed by atoms with Gasteiger partial charge in [0.05, 0.1) is 6.04 Å². The first-order chi connectivity index (χ1) is 12.9. The van der Waals surface area contributed by atoms with Gasteiger partial charge < -0.3 is 9.64 Å². The van der Waals surface area contributed by atoms with E-state index in [1.807, 2.05) is 60.4 Å². The fraction of sp³-hybridized carbons (Fsp3) is 0.381. The van der Waals surface area contributed by atoms with Crippen molar-refractivity contribution >= 4 is 41.7 Å². The molecule has 3 rings (SSSR count). The summed E-state index contributed by atoms with van der Waals surface area (Å²) in [6.45, 7) is 4.14. The number of rotatable bonds is 5. The molecular formula is C21H23Cl2NO2S. The summed E-state index contributed by atoms with van der Waals surface area (Å²) in [4.78, 5) is 14.8. The second-order valence-electron chi connectivity index (χ2n) is 6.80. The van der Waals surface area contributed by atoms with E-state index in [0.717, 1.165) is 17.5 Å². The molecule has 0 spiro atoms. The van der Waals surface area contributed by atoms with Crippen LogP contribution < -0.4 is 0 Å². The van der Waals surface area contributed by atoms with Crippen LogP contribution in [0.4, 0.5) is 0 Å². The van der Waals surface area contributed by atoms with E-state index in [-0.39, 0.29) is 36.0 Å². The molecule has 4 atom stereocenters. The summed E-state index contributed by atoms with van der Waals surface area (Å²) in [5.74, 6) is -0.0269. The van der Waals surface area contributed by atoms with Gasteiger partial charge in [0.15, 0.2) is 0 Å². The minimum absolute atomic E-state index is 0.00732. The Balaban J connectivity index is 2.11. The quantitative estimate of drug-likeness (QED) is 0.621. The van der Waals surface area contributed by atoms with Gasteiger partial charge in [-0.3, -0.25) is 4.79 Å². The molecule has 1 aliphatic heterocycles. The smallest absolute Gasteiger partial charge is 0.249 e. The van der Waals surface area contributed by atoms with Crippen LogP contribution in [-0.2, 0) is 9.53 Å². The van der Waals surface area contributed by atoms with E-state index < -0.39 is 0 Å². The number of thiol groups is 1. The van der Waals surface area contributed by atoms with E-state index in [1.165, 1.54) is 0 Å². The molecule has 0 saturated carbocycles. The number of ether oxygens (including phenoxy) is 1. The van der Waals surface area contributed by atoms with E-state index in [1.54, 1.807) is 0 Å². The number of nitrogens with zero attached hydrogens (tertiary/aromatic N) is 1. The standard InChI is InChI=1S/C21H23Cl2NO2S/c1-3-18(13(2)27)24-19(25)12-26-21(15-5-4-6-17(23)11-15)20(24)14-7-9-16(22)10-8-14/h4-11,13,18,20-21,27H,3,12H2,1-2H3/t13-,18+,20-,21-/m1/s1. The number of amides is 1. The largest absolute Gasteiger partial charge is 0.361 e. The van der Waals surface area contributed by atoms with Gasteiger partial charge in [-0.05, 0) is 41.8 Å². The molecule has 3 nitrogen and oxygen atoms in total. The summed E-state index contributed by atoms with van der Waals surface area (Å²) in [6, 6.07) is 14.9. The summed E-state index contributed by atoms with van der Waals surface area (Å²) < 4.78 is 6.03. The highest BCUT2D eigenvalue weighted by molar-refractivity contribution is 7.81. The molecule has 2 aromatic carbocycles. The van der Waals surface area contributed by atoms with Crippen LogP contribution in [0.5, 0.6) is 0 Å². The van der Waals surface area contributed by atoms with Crippen molar-refractivity contribution in [1.29, 1.82) is 0 Å². The van der Waals surface area contributed by atoms with E-state index in [0.29, 0.717) is 10.0 Å². The molecule has 1 saturated heterocycles. The maximum Gasteiger partial charge on any atom is 0.249 e. The van der Waals surface area contributed by atoms with Crippen LogP contribution >= 0.6 is 35.8 Å². The predicted octanol–water partition coefficient (Wildman–Crippen LogP) is 5.73. The van der Waals surface area contributed by atoms with Crippen LogP contribution in [-0.4, -0.2) is 28.7 Å². The Bertz CT molecular complexity index is 797. The van der Waals surface area contributed by atoms with Crippen LogP contribution in [0.2, 0.25) is 10.0 Å². The lowest BCUT2D eigenvalue weighted by Gasteiger charge is -2.46. The fourth-order valence-corrected chi connectivity index (χ4v) is 4.43. The van der Waals surface area contributed by atoms with Gasteiger partial charge in [-0.1, -0.05) is 61.3 Å². The van der Waals surface area contributed by atoms with Crippen molar-refractivity contribution in [2.45, 2.75) is 43.7 Å². The first kappa shape index (κ1) is 20.5. The zero-order valence-corrected chi connectivity index (χ0v) is 17.7. The number of hydrogen-bond acceptors (Lipinski definition) is 3. The minimum Gasteiger partial charge on any atom is -0.361 e. The van der Waals surface area contributed by atoms with Gasteiger partial charge in [-0.15, -0.1) is 0 Å². The van der Waals surface area contributed by atoms with Crippen LogP contribution in [0.25, 0.3) is 0 Å². The predicted molar refractivity (Wildman–Crippen MR) is 114 cm³/mol.